The molecule has 4 aromatic rings. The van der Waals surface area contributed by atoms with E-state index in [0.717, 1.165) is 26.4 Å². The zero-order valence-electron chi connectivity index (χ0n) is 14.8. The van der Waals surface area contributed by atoms with Crippen molar-refractivity contribution in [1.29, 1.82) is 0 Å². The van der Waals surface area contributed by atoms with Gasteiger partial charge in [-0.05, 0) is 31.2 Å². The lowest BCUT2D eigenvalue weighted by Crippen LogP contribution is -2.11. The van der Waals surface area contributed by atoms with Gasteiger partial charge < -0.3 is 0 Å². The van der Waals surface area contributed by atoms with E-state index >= 15 is 0 Å². The van der Waals surface area contributed by atoms with E-state index in [9.17, 15) is 4.79 Å². The molecule has 28 heavy (non-hydrogen) atoms. The van der Waals surface area contributed by atoms with Crippen LogP contribution in [0.5, 0.6) is 0 Å². The number of amides is 1. The van der Waals surface area contributed by atoms with Gasteiger partial charge in [0.15, 0.2) is 4.34 Å². The predicted molar refractivity (Wildman–Crippen MR) is 115 cm³/mol. The molecule has 0 aliphatic heterocycles. The average molecular weight is 427 g/mol. The first-order valence-corrected chi connectivity index (χ1v) is 10.6. The summed E-state index contributed by atoms with van der Waals surface area (Å²) in [4.78, 5) is 16.7. The third-order valence-electron chi connectivity index (χ3n) is 4.04. The number of nitrogens with one attached hydrogen (secondary N) is 1. The van der Waals surface area contributed by atoms with Gasteiger partial charge >= 0.3 is 0 Å². The second kappa shape index (κ2) is 8.26. The van der Waals surface area contributed by atoms with Gasteiger partial charge in [0, 0.05) is 22.3 Å². The first-order valence-electron chi connectivity index (χ1n) is 8.47. The van der Waals surface area contributed by atoms with Crippen LogP contribution in [-0.4, -0.2) is 21.1 Å². The van der Waals surface area contributed by atoms with E-state index in [0.29, 0.717) is 21.6 Å². The van der Waals surface area contributed by atoms with E-state index in [1.165, 1.54) is 23.1 Å². The van der Waals surface area contributed by atoms with E-state index in [-0.39, 0.29) is 5.91 Å². The molecular weight excluding hydrogens is 412 g/mol. The Morgan fingerprint density at radius 3 is 2.75 bits per heavy atom. The highest BCUT2D eigenvalue weighted by Gasteiger charge is 2.12. The van der Waals surface area contributed by atoms with Crippen LogP contribution in [0.4, 0.5) is 5.13 Å². The molecule has 140 valence electrons. The molecular formula is C20H15ClN4OS2. The number of carbonyl (C=O) groups excluding carboxylic acids is 1. The molecule has 8 heteroatoms. The Balaban J connectivity index is 1.42. The molecule has 0 fully saturated rings. The molecule has 2 aromatic carbocycles. The van der Waals surface area contributed by atoms with E-state index in [1.54, 1.807) is 12.1 Å². The smallest absolute Gasteiger partial charge is 0.257 e. The molecule has 2 heterocycles. The third-order valence-corrected chi connectivity index (χ3v) is 6.39. The van der Waals surface area contributed by atoms with Crippen molar-refractivity contribution in [2.24, 2.45) is 0 Å². The van der Waals surface area contributed by atoms with Crippen molar-refractivity contribution >= 4 is 56.6 Å². The number of hydrogen-bond donors (Lipinski definition) is 1. The van der Waals surface area contributed by atoms with Crippen molar-refractivity contribution in [2.75, 3.05) is 5.32 Å². The normalized spacial score (nSPS) is 10.9. The highest BCUT2D eigenvalue weighted by Crippen LogP contribution is 2.31. The fourth-order valence-electron chi connectivity index (χ4n) is 2.57. The Morgan fingerprint density at radius 2 is 1.93 bits per heavy atom. The fourth-order valence-corrected chi connectivity index (χ4v) is 4.58. The summed E-state index contributed by atoms with van der Waals surface area (Å²) in [6, 6.07) is 17.3. The highest BCUT2D eigenvalue weighted by molar-refractivity contribution is 8.00. The minimum atomic E-state index is -0.200. The van der Waals surface area contributed by atoms with Crippen molar-refractivity contribution in [3.8, 4) is 0 Å². The van der Waals surface area contributed by atoms with E-state index in [1.807, 2.05) is 49.4 Å². The number of rotatable bonds is 5. The number of para-hydroxylation sites is 1. The summed E-state index contributed by atoms with van der Waals surface area (Å²) >= 11 is 9.15. The molecule has 5 nitrogen and oxygen atoms in total. The molecule has 0 bridgehead atoms. The molecule has 0 saturated heterocycles. The SMILES string of the molecule is Cc1ccc(C(=O)Nc2nnc(SCc3cc4ccccc4nc3Cl)s2)cc1. The molecule has 0 unspecified atom stereocenters. The molecule has 2 aromatic heterocycles. The van der Waals surface area contributed by atoms with Crippen LogP contribution in [0, 0.1) is 6.92 Å². The Bertz CT molecular complexity index is 1140. The third kappa shape index (κ3) is 4.32. The van der Waals surface area contributed by atoms with E-state index < -0.39 is 0 Å². The molecule has 0 aliphatic rings. The van der Waals surface area contributed by atoms with Crippen molar-refractivity contribution in [1.82, 2.24) is 15.2 Å². The molecule has 1 amide bonds. The van der Waals surface area contributed by atoms with Crippen LogP contribution < -0.4 is 5.32 Å². The molecule has 4 rings (SSSR count). The van der Waals surface area contributed by atoms with Crippen molar-refractivity contribution in [3.63, 3.8) is 0 Å². The van der Waals surface area contributed by atoms with Gasteiger partial charge in [-0.15, -0.1) is 10.2 Å². The number of halogens is 1. The largest absolute Gasteiger partial charge is 0.296 e. The summed E-state index contributed by atoms with van der Waals surface area (Å²) in [6.07, 6.45) is 0. The second-order valence-corrected chi connectivity index (χ2v) is 8.67. The Labute approximate surface area is 175 Å². The van der Waals surface area contributed by atoms with Gasteiger partial charge in [-0.3, -0.25) is 10.1 Å². The number of carbonyl (C=O) groups is 1. The lowest BCUT2D eigenvalue weighted by atomic mass is 10.1. The van der Waals surface area contributed by atoms with Crippen LogP contribution in [0.1, 0.15) is 21.5 Å². The van der Waals surface area contributed by atoms with Crippen molar-refractivity contribution < 1.29 is 4.79 Å². The van der Waals surface area contributed by atoms with Crippen molar-refractivity contribution in [2.45, 2.75) is 17.0 Å². The lowest BCUT2D eigenvalue weighted by molar-refractivity contribution is 0.102. The number of pyridine rings is 1. The number of aryl methyl sites for hydroxylation is 1. The maximum absolute atomic E-state index is 12.3. The van der Waals surface area contributed by atoms with Crippen LogP contribution in [0.2, 0.25) is 5.15 Å². The van der Waals surface area contributed by atoms with E-state index in [4.69, 9.17) is 11.6 Å². The van der Waals surface area contributed by atoms with Crippen molar-refractivity contribution in [3.05, 3.63) is 76.4 Å². The van der Waals surface area contributed by atoms with Crippen LogP contribution in [0.15, 0.2) is 58.9 Å². The summed E-state index contributed by atoms with van der Waals surface area (Å²) in [5.41, 5.74) is 3.50. The van der Waals surface area contributed by atoms with Crippen LogP contribution in [0.3, 0.4) is 0 Å². The molecule has 0 atom stereocenters. The summed E-state index contributed by atoms with van der Waals surface area (Å²) in [5.74, 6) is 0.423. The Morgan fingerprint density at radius 1 is 1.14 bits per heavy atom. The van der Waals surface area contributed by atoms with Gasteiger partial charge in [0.05, 0.1) is 5.52 Å². The zero-order valence-corrected chi connectivity index (χ0v) is 17.2. The van der Waals surface area contributed by atoms with Gasteiger partial charge in [-0.25, -0.2) is 4.98 Å². The molecule has 1 N–H and O–H groups in total. The minimum Gasteiger partial charge on any atom is -0.296 e. The number of nitrogens with zero attached hydrogens (tertiary/aromatic N) is 3. The maximum Gasteiger partial charge on any atom is 0.257 e. The second-order valence-electron chi connectivity index (χ2n) is 6.11. The van der Waals surface area contributed by atoms with Crippen LogP contribution >= 0.6 is 34.7 Å². The van der Waals surface area contributed by atoms with Gasteiger partial charge in [0.25, 0.3) is 5.91 Å². The average Bonchev–Trinajstić information content (AvgIpc) is 3.14. The number of fused-ring (bicyclic) bond motifs is 1. The molecule has 0 aliphatic carbocycles. The molecule has 0 spiro atoms. The summed E-state index contributed by atoms with van der Waals surface area (Å²) in [5, 5.41) is 13.0. The van der Waals surface area contributed by atoms with Gasteiger partial charge in [-0.2, -0.15) is 0 Å². The number of benzene rings is 2. The summed E-state index contributed by atoms with van der Waals surface area (Å²) in [7, 11) is 0. The quantitative estimate of drug-likeness (QED) is 0.256. The number of anilines is 1. The Hall–Kier alpha value is -2.48. The van der Waals surface area contributed by atoms with Gasteiger partial charge in [-0.1, -0.05) is 70.6 Å². The number of hydrogen-bond acceptors (Lipinski definition) is 6. The monoisotopic (exact) mass is 426 g/mol. The summed E-state index contributed by atoms with van der Waals surface area (Å²) < 4.78 is 0.753. The zero-order chi connectivity index (χ0) is 19.5. The standard InChI is InChI=1S/C20H15ClN4OS2/c1-12-6-8-13(9-7-12)18(26)23-19-24-25-20(28-19)27-11-15-10-14-4-2-3-5-16(14)22-17(15)21/h2-10H,11H2,1H3,(H,23,24,26). The lowest BCUT2D eigenvalue weighted by Gasteiger charge is -2.04. The topological polar surface area (TPSA) is 67.8 Å². The molecule has 0 radical (unpaired) electrons. The highest BCUT2D eigenvalue weighted by atomic mass is 35.5. The maximum atomic E-state index is 12.3. The first-order chi connectivity index (χ1) is 13.6. The molecule has 0 saturated carbocycles. The fraction of sp³-hybridized carbons (Fsp3) is 0.100. The minimum absolute atomic E-state index is 0.200. The van der Waals surface area contributed by atoms with Gasteiger partial charge in [0.1, 0.15) is 5.15 Å². The predicted octanol–water partition coefficient (Wildman–Crippen LogP) is 5.59. The number of thioether (sulfide) groups is 1. The van der Waals surface area contributed by atoms with Crippen LogP contribution in [0.25, 0.3) is 10.9 Å². The van der Waals surface area contributed by atoms with Gasteiger partial charge in [0.2, 0.25) is 5.13 Å². The summed E-state index contributed by atoms with van der Waals surface area (Å²) in [6.45, 7) is 1.98. The van der Waals surface area contributed by atoms with Crippen LogP contribution in [-0.2, 0) is 5.75 Å². The van der Waals surface area contributed by atoms with E-state index in [2.05, 4.69) is 20.5 Å². The number of aromatic nitrogens is 3. The first kappa shape index (κ1) is 18.9. The Kier molecular flexibility index (Phi) is 5.57.